The van der Waals surface area contributed by atoms with E-state index in [9.17, 15) is 10.2 Å². The van der Waals surface area contributed by atoms with Gasteiger partial charge in [-0.25, -0.2) is 0 Å². The van der Waals surface area contributed by atoms with Gasteiger partial charge >= 0.3 is 0 Å². The fourth-order valence-electron chi connectivity index (χ4n) is 2.75. The first-order chi connectivity index (χ1) is 11.1. The first-order valence-electron chi connectivity index (χ1n) is 6.95. The molecule has 1 amide bonds. The van der Waals surface area contributed by atoms with Crippen LogP contribution in [0.5, 0.6) is 0 Å². The Kier molecular flexibility index (Phi) is 4.35. The Bertz CT molecular complexity index is 813. The Morgan fingerprint density at radius 3 is 2.43 bits per heavy atom. The number of carbonyl (C=O) groups excluding carboxylic acids is 1. The van der Waals surface area contributed by atoms with E-state index in [4.69, 9.17) is 23.8 Å². The Labute approximate surface area is 143 Å². The van der Waals surface area contributed by atoms with Crippen molar-refractivity contribution in [2.45, 2.75) is 12.0 Å². The number of nitrogens with zero attached hydrogens (tertiary/aromatic N) is 2. The minimum absolute atomic E-state index is 0.185. The van der Waals surface area contributed by atoms with Crippen LogP contribution in [0.3, 0.4) is 0 Å². The number of hydrogen-bond acceptors (Lipinski definition) is 2. The summed E-state index contributed by atoms with van der Waals surface area (Å²) in [6.45, 7) is 0. The van der Waals surface area contributed by atoms with Crippen molar-refractivity contribution in [1.82, 2.24) is 5.32 Å². The fourth-order valence-corrected chi connectivity index (χ4v) is 3.15. The summed E-state index contributed by atoms with van der Waals surface area (Å²) in [6, 6.07) is 12.1. The van der Waals surface area contributed by atoms with Gasteiger partial charge in [-0.2, -0.15) is 4.57 Å². The summed E-state index contributed by atoms with van der Waals surface area (Å²) < 4.78 is 1.79. The molecule has 6 heteroatoms. The number of carbonyl (C=O) groups is 1. The molecular weight excluding hydrogens is 330 g/mol. The highest BCUT2D eigenvalue weighted by Crippen LogP contribution is 2.35. The summed E-state index contributed by atoms with van der Waals surface area (Å²) in [6.07, 6.45) is 3.60. The van der Waals surface area contributed by atoms with Gasteiger partial charge in [0.1, 0.15) is 4.99 Å². The molecule has 1 saturated heterocycles. The van der Waals surface area contributed by atoms with E-state index in [0.717, 1.165) is 5.56 Å². The minimum atomic E-state index is -0.585. The van der Waals surface area contributed by atoms with Gasteiger partial charge in [-0.05, 0) is 17.7 Å². The van der Waals surface area contributed by atoms with E-state index in [2.05, 4.69) is 11.2 Å². The normalized spacial score (nSPS) is 20.8. The quantitative estimate of drug-likeness (QED) is 0.395. The largest absolute Gasteiger partial charge is 0.763 e. The Hall–Kier alpha value is -2.33. The number of hydrogen-bond donors (Lipinski definition) is 1. The SMILES string of the molecule is [N-]=C=C1C(=S)NC(=O)[C@@H]([n+]2ccccc2)[C@@H]1c1ccc(Cl)cc1. The molecule has 0 saturated carbocycles. The second-order valence-electron chi connectivity index (χ2n) is 5.14. The van der Waals surface area contributed by atoms with E-state index >= 15 is 0 Å². The van der Waals surface area contributed by atoms with Gasteiger partial charge in [0, 0.05) is 22.7 Å². The zero-order valence-corrected chi connectivity index (χ0v) is 13.5. The van der Waals surface area contributed by atoms with Gasteiger partial charge in [-0.3, -0.25) is 10.7 Å². The molecule has 1 aromatic carbocycles. The Morgan fingerprint density at radius 2 is 1.83 bits per heavy atom. The predicted molar refractivity (Wildman–Crippen MR) is 92.5 cm³/mol. The van der Waals surface area contributed by atoms with Crippen molar-refractivity contribution in [1.29, 1.82) is 0 Å². The van der Waals surface area contributed by atoms with Crippen molar-refractivity contribution < 1.29 is 9.36 Å². The molecule has 0 radical (unpaired) electrons. The zero-order valence-electron chi connectivity index (χ0n) is 11.9. The monoisotopic (exact) mass is 341 g/mol. The van der Waals surface area contributed by atoms with E-state index in [-0.39, 0.29) is 10.9 Å². The Morgan fingerprint density at radius 1 is 1.17 bits per heavy atom. The van der Waals surface area contributed by atoms with Gasteiger partial charge < -0.3 is 10.7 Å². The van der Waals surface area contributed by atoms with E-state index in [1.54, 1.807) is 29.1 Å². The number of rotatable bonds is 2. The number of benzene rings is 1. The maximum atomic E-state index is 12.5. The molecule has 3 rings (SSSR count). The van der Waals surface area contributed by atoms with Gasteiger partial charge in [0.15, 0.2) is 12.4 Å². The lowest BCUT2D eigenvalue weighted by molar-refractivity contribution is -0.711. The number of pyridine rings is 1. The third-order valence-corrected chi connectivity index (χ3v) is 4.36. The van der Waals surface area contributed by atoms with Gasteiger partial charge in [0.05, 0.1) is 5.92 Å². The summed E-state index contributed by atoms with van der Waals surface area (Å²) in [5.74, 6) is 1.47. The van der Waals surface area contributed by atoms with Crippen LogP contribution in [-0.2, 0) is 4.79 Å². The van der Waals surface area contributed by atoms with Crippen molar-refractivity contribution in [2.24, 2.45) is 0 Å². The van der Waals surface area contributed by atoms with E-state index in [1.165, 1.54) is 0 Å². The summed E-state index contributed by atoms with van der Waals surface area (Å²) in [7, 11) is 0. The predicted octanol–water partition coefficient (Wildman–Crippen LogP) is 2.58. The molecule has 0 bridgehead atoms. The smallest absolute Gasteiger partial charge is 0.295 e. The van der Waals surface area contributed by atoms with Gasteiger partial charge in [-0.15, -0.1) is 0 Å². The van der Waals surface area contributed by atoms with Crippen LogP contribution in [0.1, 0.15) is 17.5 Å². The molecule has 1 aliphatic rings. The molecule has 4 nitrogen and oxygen atoms in total. The van der Waals surface area contributed by atoms with E-state index in [0.29, 0.717) is 10.6 Å². The molecule has 1 N–H and O–H groups in total. The zero-order chi connectivity index (χ0) is 16.4. The maximum Gasteiger partial charge on any atom is 0.295 e. The van der Waals surface area contributed by atoms with Crippen LogP contribution in [0.2, 0.25) is 5.02 Å². The van der Waals surface area contributed by atoms with Crippen LogP contribution in [0.15, 0.2) is 60.4 Å². The molecule has 2 heterocycles. The summed E-state index contributed by atoms with van der Waals surface area (Å²) in [5.41, 5.74) is 1.20. The molecule has 1 aromatic heterocycles. The lowest BCUT2D eigenvalue weighted by Gasteiger charge is -2.30. The van der Waals surface area contributed by atoms with Crippen LogP contribution < -0.4 is 9.88 Å². The highest BCUT2D eigenvalue weighted by molar-refractivity contribution is 7.80. The van der Waals surface area contributed by atoms with Crippen molar-refractivity contribution in [3.63, 3.8) is 0 Å². The average Bonchev–Trinajstić information content (AvgIpc) is 2.56. The Balaban J connectivity index is 2.17. The van der Waals surface area contributed by atoms with Crippen molar-refractivity contribution >= 4 is 40.6 Å². The first-order valence-corrected chi connectivity index (χ1v) is 7.74. The topological polar surface area (TPSA) is 55.3 Å². The number of thiocarbonyl (C=S) groups is 1. The molecule has 1 aliphatic heterocycles. The summed E-state index contributed by atoms with van der Waals surface area (Å²) in [5, 5.41) is 12.8. The molecule has 2 aromatic rings. The molecule has 0 unspecified atom stereocenters. The third kappa shape index (κ3) is 2.94. The second-order valence-corrected chi connectivity index (χ2v) is 5.99. The number of nitrogens with one attached hydrogen (secondary N) is 1. The lowest BCUT2D eigenvalue weighted by Crippen LogP contribution is -2.56. The first kappa shape index (κ1) is 15.6. The third-order valence-electron chi connectivity index (χ3n) is 3.79. The molecule has 2 atom stereocenters. The maximum absolute atomic E-state index is 12.5. The molecule has 0 aliphatic carbocycles. The van der Waals surface area contributed by atoms with Gasteiger partial charge in [-0.1, -0.05) is 42.0 Å². The van der Waals surface area contributed by atoms with Gasteiger partial charge in [0.2, 0.25) is 6.04 Å². The molecule has 114 valence electrons. The number of piperidine rings is 1. The number of aromatic nitrogens is 1. The van der Waals surface area contributed by atoms with Crippen molar-refractivity contribution in [3.05, 3.63) is 76.4 Å². The van der Waals surface area contributed by atoms with Crippen molar-refractivity contribution in [2.75, 3.05) is 0 Å². The molecule has 0 spiro atoms. The summed E-state index contributed by atoms with van der Waals surface area (Å²) in [4.78, 5) is 12.7. The minimum Gasteiger partial charge on any atom is -0.763 e. The summed E-state index contributed by atoms with van der Waals surface area (Å²) >= 11 is 11.1. The lowest BCUT2D eigenvalue weighted by atomic mass is 9.82. The average molecular weight is 342 g/mol. The van der Waals surface area contributed by atoms with Crippen LogP contribution in [0.25, 0.3) is 5.41 Å². The number of amides is 1. The van der Waals surface area contributed by atoms with Gasteiger partial charge in [0.25, 0.3) is 5.91 Å². The molecule has 23 heavy (non-hydrogen) atoms. The van der Waals surface area contributed by atoms with Crippen molar-refractivity contribution in [3.8, 4) is 0 Å². The van der Waals surface area contributed by atoms with E-state index < -0.39 is 12.0 Å². The highest BCUT2D eigenvalue weighted by atomic mass is 35.5. The van der Waals surface area contributed by atoms with Crippen LogP contribution in [0, 0.1) is 0 Å². The van der Waals surface area contributed by atoms with Crippen LogP contribution in [0.4, 0.5) is 0 Å². The molecule has 1 fully saturated rings. The molecular formula is C17H12ClN3OS. The van der Waals surface area contributed by atoms with Crippen LogP contribution in [-0.4, -0.2) is 16.8 Å². The number of halogens is 1. The van der Waals surface area contributed by atoms with Crippen LogP contribution >= 0.6 is 23.8 Å². The standard InChI is InChI=1S/C17H12ClN3OS/c18-12-6-4-11(5-7-12)14-13(10-19)17(23)20-16(22)15(14)21-8-2-1-3-9-21/h1-9,14-15H,(H,20,22,23)/t14-,15+/m1/s1. The van der Waals surface area contributed by atoms with E-state index in [1.807, 2.05) is 30.3 Å². The fraction of sp³-hybridized carbons (Fsp3) is 0.118. The highest BCUT2D eigenvalue weighted by Gasteiger charge is 2.44. The second kappa shape index (κ2) is 6.42.